The fourth-order valence-corrected chi connectivity index (χ4v) is 3.15. The highest BCUT2D eigenvalue weighted by Gasteiger charge is 2.23. The number of aryl methyl sites for hydroxylation is 1. The second-order valence-corrected chi connectivity index (χ2v) is 6.57. The van der Waals surface area contributed by atoms with Crippen LogP contribution in [0.4, 0.5) is 10.5 Å². The van der Waals surface area contributed by atoms with E-state index < -0.39 is 0 Å². The molecule has 1 saturated heterocycles. The van der Waals surface area contributed by atoms with Gasteiger partial charge in [-0.05, 0) is 50.5 Å². The van der Waals surface area contributed by atoms with Gasteiger partial charge in [0.2, 0.25) is 0 Å². The van der Waals surface area contributed by atoms with Crippen LogP contribution in [0.2, 0.25) is 0 Å². The minimum absolute atomic E-state index is 0.0284. The standard InChI is InChI=1S/C20H24N4O2/c1-14-8-7-9-16(19(25)24-12-5-6-13-24)18(14)23-20(26)22-15(2)17-10-3-4-11-21-17/h3-4,7-11,15H,5-6,12-13H2,1-2H3,(H2,22,23,26). The molecular weight excluding hydrogens is 328 g/mol. The van der Waals surface area contributed by atoms with Crippen molar-refractivity contribution in [3.63, 3.8) is 0 Å². The molecule has 26 heavy (non-hydrogen) atoms. The summed E-state index contributed by atoms with van der Waals surface area (Å²) in [4.78, 5) is 31.4. The van der Waals surface area contributed by atoms with E-state index in [4.69, 9.17) is 0 Å². The van der Waals surface area contributed by atoms with E-state index in [0.29, 0.717) is 11.3 Å². The Morgan fingerprint density at radius 3 is 2.58 bits per heavy atom. The highest BCUT2D eigenvalue weighted by molar-refractivity contribution is 6.04. The van der Waals surface area contributed by atoms with Crippen LogP contribution in [0.1, 0.15) is 47.4 Å². The van der Waals surface area contributed by atoms with Crippen molar-refractivity contribution in [2.45, 2.75) is 32.7 Å². The van der Waals surface area contributed by atoms with Gasteiger partial charge in [0.15, 0.2) is 0 Å². The number of urea groups is 1. The van der Waals surface area contributed by atoms with Gasteiger partial charge in [-0.3, -0.25) is 9.78 Å². The maximum Gasteiger partial charge on any atom is 0.319 e. The van der Waals surface area contributed by atoms with Gasteiger partial charge < -0.3 is 15.5 Å². The summed E-state index contributed by atoms with van der Waals surface area (Å²) in [5.74, 6) is -0.0284. The van der Waals surface area contributed by atoms with E-state index in [1.54, 1.807) is 12.3 Å². The van der Waals surface area contributed by atoms with Crippen LogP contribution in [-0.4, -0.2) is 34.9 Å². The molecule has 1 aliphatic rings. The number of para-hydroxylation sites is 1. The van der Waals surface area contributed by atoms with Crippen molar-refractivity contribution in [3.8, 4) is 0 Å². The third-order valence-corrected chi connectivity index (χ3v) is 4.61. The Balaban J connectivity index is 1.74. The quantitative estimate of drug-likeness (QED) is 0.884. The molecule has 1 unspecified atom stereocenters. The number of carbonyl (C=O) groups excluding carboxylic acids is 2. The number of anilines is 1. The van der Waals surface area contributed by atoms with Gasteiger partial charge in [-0.15, -0.1) is 0 Å². The molecule has 1 aromatic carbocycles. The number of nitrogens with one attached hydrogen (secondary N) is 2. The van der Waals surface area contributed by atoms with Crippen molar-refractivity contribution in [3.05, 3.63) is 59.4 Å². The van der Waals surface area contributed by atoms with Crippen LogP contribution in [0.25, 0.3) is 0 Å². The van der Waals surface area contributed by atoms with E-state index in [0.717, 1.165) is 37.2 Å². The van der Waals surface area contributed by atoms with Crippen LogP contribution in [-0.2, 0) is 0 Å². The van der Waals surface area contributed by atoms with Gasteiger partial charge in [-0.2, -0.15) is 0 Å². The predicted octanol–water partition coefficient (Wildman–Crippen LogP) is 3.51. The second kappa shape index (κ2) is 7.99. The molecule has 3 rings (SSSR count). The Hall–Kier alpha value is -2.89. The van der Waals surface area contributed by atoms with Crippen molar-refractivity contribution in [1.29, 1.82) is 0 Å². The molecule has 0 aliphatic carbocycles. The number of hydrogen-bond donors (Lipinski definition) is 2. The Kier molecular flexibility index (Phi) is 5.51. The molecule has 0 saturated carbocycles. The summed E-state index contributed by atoms with van der Waals surface area (Å²) in [6.45, 7) is 5.30. The molecule has 2 N–H and O–H groups in total. The molecule has 0 radical (unpaired) electrons. The Labute approximate surface area is 153 Å². The Morgan fingerprint density at radius 2 is 1.88 bits per heavy atom. The van der Waals surface area contributed by atoms with Crippen molar-refractivity contribution < 1.29 is 9.59 Å². The average molecular weight is 352 g/mol. The van der Waals surface area contributed by atoms with Crippen LogP contribution >= 0.6 is 0 Å². The van der Waals surface area contributed by atoms with Gasteiger partial charge in [0.1, 0.15) is 0 Å². The number of rotatable bonds is 4. The highest BCUT2D eigenvalue weighted by atomic mass is 16.2. The molecule has 1 aromatic heterocycles. The molecule has 6 nitrogen and oxygen atoms in total. The van der Waals surface area contributed by atoms with Crippen LogP contribution < -0.4 is 10.6 Å². The zero-order valence-corrected chi connectivity index (χ0v) is 15.2. The number of nitrogens with zero attached hydrogens (tertiary/aromatic N) is 2. The number of amides is 3. The second-order valence-electron chi connectivity index (χ2n) is 6.57. The summed E-state index contributed by atoms with van der Waals surface area (Å²) in [7, 11) is 0. The van der Waals surface area contributed by atoms with E-state index in [9.17, 15) is 9.59 Å². The summed E-state index contributed by atoms with van der Waals surface area (Å²) in [5.41, 5.74) is 2.74. The zero-order valence-electron chi connectivity index (χ0n) is 15.2. The van der Waals surface area contributed by atoms with Crippen molar-refractivity contribution in [1.82, 2.24) is 15.2 Å². The normalized spacial score (nSPS) is 14.8. The first-order chi connectivity index (χ1) is 12.6. The average Bonchev–Trinajstić information content (AvgIpc) is 3.18. The smallest absolute Gasteiger partial charge is 0.319 e. The van der Waals surface area contributed by atoms with Gasteiger partial charge in [0.05, 0.1) is 23.0 Å². The number of aromatic nitrogens is 1. The number of hydrogen-bond acceptors (Lipinski definition) is 3. The van der Waals surface area contributed by atoms with Gasteiger partial charge >= 0.3 is 6.03 Å². The zero-order chi connectivity index (χ0) is 18.5. The fraction of sp³-hybridized carbons (Fsp3) is 0.350. The highest BCUT2D eigenvalue weighted by Crippen LogP contribution is 2.24. The molecule has 1 atom stereocenters. The molecule has 1 fully saturated rings. The van der Waals surface area contributed by atoms with Gasteiger partial charge in [0.25, 0.3) is 5.91 Å². The van der Waals surface area contributed by atoms with E-state index in [2.05, 4.69) is 15.6 Å². The van der Waals surface area contributed by atoms with E-state index in [-0.39, 0.29) is 18.0 Å². The fourth-order valence-electron chi connectivity index (χ4n) is 3.15. The first kappa shape index (κ1) is 17.9. The van der Waals surface area contributed by atoms with E-state index >= 15 is 0 Å². The summed E-state index contributed by atoms with van der Waals surface area (Å²) in [5, 5.41) is 5.73. The Morgan fingerprint density at radius 1 is 1.12 bits per heavy atom. The molecule has 136 valence electrons. The van der Waals surface area contributed by atoms with Crippen molar-refractivity contribution >= 4 is 17.6 Å². The summed E-state index contributed by atoms with van der Waals surface area (Å²) >= 11 is 0. The molecule has 2 heterocycles. The SMILES string of the molecule is Cc1cccc(C(=O)N2CCCC2)c1NC(=O)NC(C)c1ccccn1. The molecule has 0 bridgehead atoms. The number of pyridine rings is 1. The first-order valence-electron chi connectivity index (χ1n) is 8.93. The maximum absolute atomic E-state index is 12.8. The molecule has 1 aliphatic heterocycles. The molecular formula is C20H24N4O2. The van der Waals surface area contributed by atoms with E-state index in [1.165, 1.54) is 0 Å². The molecule has 2 aromatic rings. The predicted molar refractivity (Wildman–Crippen MR) is 101 cm³/mol. The van der Waals surface area contributed by atoms with Crippen molar-refractivity contribution in [2.75, 3.05) is 18.4 Å². The van der Waals surface area contributed by atoms with Crippen LogP contribution in [0, 0.1) is 6.92 Å². The first-order valence-corrected chi connectivity index (χ1v) is 8.93. The number of likely N-dealkylation sites (tertiary alicyclic amines) is 1. The molecule has 0 spiro atoms. The van der Waals surface area contributed by atoms with Crippen molar-refractivity contribution in [2.24, 2.45) is 0 Å². The third-order valence-electron chi connectivity index (χ3n) is 4.61. The van der Waals surface area contributed by atoms with Crippen LogP contribution in [0.5, 0.6) is 0 Å². The summed E-state index contributed by atoms with van der Waals surface area (Å²) in [6.07, 6.45) is 3.75. The van der Waals surface area contributed by atoms with Gasteiger partial charge in [0, 0.05) is 19.3 Å². The van der Waals surface area contributed by atoms with Crippen LogP contribution in [0.15, 0.2) is 42.6 Å². The lowest BCUT2D eigenvalue weighted by atomic mass is 10.1. The van der Waals surface area contributed by atoms with Gasteiger partial charge in [-0.1, -0.05) is 18.2 Å². The summed E-state index contributed by atoms with van der Waals surface area (Å²) < 4.78 is 0. The van der Waals surface area contributed by atoms with Gasteiger partial charge in [-0.25, -0.2) is 4.79 Å². The summed E-state index contributed by atoms with van der Waals surface area (Å²) in [6, 6.07) is 10.5. The molecule has 6 heteroatoms. The minimum Gasteiger partial charge on any atom is -0.339 e. The lowest BCUT2D eigenvalue weighted by Gasteiger charge is -2.20. The topological polar surface area (TPSA) is 74.3 Å². The molecule has 3 amide bonds. The third kappa shape index (κ3) is 4.02. The lowest BCUT2D eigenvalue weighted by Crippen LogP contribution is -2.33. The largest absolute Gasteiger partial charge is 0.339 e. The minimum atomic E-state index is -0.354. The monoisotopic (exact) mass is 352 g/mol. The van der Waals surface area contributed by atoms with E-state index in [1.807, 2.05) is 49.1 Å². The Bertz CT molecular complexity index is 786. The lowest BCUT2D eigenvalue weighted by molar-refractivity contribution is 0.0794. The number of carbonyl (C=O) groups is 2. The van der Waals surface area contributed by atoms with Crippen LogP contribution in [0.3, 0.4) is 0 Å². The maximum atomic E-state index is 12.8. The number of benzene rings is 1.